The molecule has 0 unspecified atom stereocenters. The van der Waals surface area contributed by atoms with Crippen LogP contribution in [0.15, 0.2) is 0 Å². The molecule has 0 radical (unpaired) electrons. The Labute approximate surface area is 76.6 Å². The molecule has 72 valence electrons. The Kier molecular flexibility index (Phi) is 4.21. The molecule has 1 aliphatic heterocycles. The highest BCUT2D eigenvalue weighted by atomic mass is 28.3. The fraction of sp³-hybridized carbons (Fsp3) is 1.00. The Morgan fingerprint density at radius 2 is 1.67 bits per heavy atom. The minimum atomic E-state index is -1.47. The smallest absolute Gasteiger partial charge is 0.388 e. The Morgan fingerprint density at radius 3 is 2.08 bits per heavy atom. The van der Waals surface area contributed by atoms with E-state index in [-0.39, 0.29) is 0 Å². The molecular weight excluding hydrogens is 170 g/mol. The Balaban J connectivity index is 2.32. The van der Waals surface area contributed by atoms with Gasteiger partial charge in [0.25, 0.3) is 0 Å². The van der Waals surface area contributed by atoms with Gasteiger partial charge in [0.2, 0.25) is 0 Å². The summed E-state index contributed by atoms with van der Waals surface area (Å²) in [6.07, 6.45) is 2.58. The fourth-order valence-electron chi connectivity index (χ4n) is 1.63. The third-order valence-corrected chi connectivity index (χ3v) is 4.44. The van der Waals surface area contributed by atoms with E-state index in [1.165, 1.54) is 12.8 Å². The molecule has 0 aromatic heterocycles. The monoisotopic (exact) mass is 189 g/mol. The van der Waals surface area contributed by atoms with Gasteiger partial charge in [-0.25, -0.2) is 0 Å². The number of hydrogen-bond acceptors (Lipinski definition) is 3. The molecule has 12 heavy (non-hydrogen) atoms. The van der Waals surface area contributed by atoms with Crippen LogP contribution in [0.25, 0.3) is 0 Å². The summed E-state index contributed by atoms with van der Waals surface area (Å²) >= 11 is 0. The molecule has 0 spiro atoms. The van der Waals surface area contributed by atoms with Gasteiger partial charge in [0.05, 0.1) is 0 Å². The summed E-state index contributed by atoms with van der Waals surface area (Å²) in [6.45, 7) is 4.62. The third-order valence-electron chi connectivity index (χ3n) is 2.52. The van der Waals surface area contributed by atoms with E-state index in [0.717, 1.165) is 19.0 Å². The van der Waals surface area contributed by atoms with Gasteiger partial charge in [-0.3, -0.25) is 4.57 Å². The minimum absolute atomic E-state index is 0.879. The summed E-state index contributed by atoms with van der Waals surface area (Å²) in [6, 6.07) is 0. The van der Waals surface area contributed by atoms with E-state index in [1.54, 1.807) is 14.2 Å². The van der Waals surface area contributed by atoms with Crippen LogP contribution in [-0.4, -0.2) is 41.3 Å². The molecule has 1 heterocycles. The number of hydrogen-bond donors (Lipinski definition) is 0. The molecule has 0 aromatic rings. The van der Waals surface area contributed by atoms with Crippen molar-refractivity contribution in [2.75, 3.05) is 27.3 Å². The number of rotatable bonds is 3. The average molecular weight is 189 g/mol. The maximum absolute atomic E-state index is 5.32. The van der Waals surface area contributed by atoms with E-state index in [4.69, 9.17) is 8.85 Å². The van der Waals surface area contributed by atoms with Gasteiger partial charge >= 0.3 is 9.45 Å². The lowest BCUT2D eigenvalue weighted by Crippen LogP contribution is -2.47. The predicted molar refractivity (Wildman–Crippen MR) is 51.1 cm³/mol. The normalized spacial score (nSPS) is 22.0. The van der Waals surface area contributed by atoms with Crippen molar-refractivity contribution in [1.82, 2.24) is 4.57 Å². The van der Waals surface area contributed by atoms with Crippen LogP contribution >= 0.6 is 0 Å². The maximum Gasteiger partial charge on any atom is 0.410 e. The summed E-state index contributed by atoms with van der Waals surface area (Å²) in [4.78, 5) is 0. The van der Waals surface area contributed by atoms with Crippen molar-refractivity contribution < 1.29 is 8.85 Å². The summed E-state index contributed by atoms with van der Waals surface area (Å²) in [7, 11) is 2.03. The molecule has 0 amide bonds. The van der Waals surface area contributed by atoms with Crippen molar-refractivity contribution in [2.45, 2.75) is 19.8 Å². The van der Waals surface area contributed by atoms with E-state index < -0.39 is 9.45 Å². The van der Waals surface area contributed by atoms with Crippen molar-refractivity contribution in [3.8, 4) is 0 Å². The standard InChI is InChI=1S/C8H19NO2Si/c1-8-4-6-9(7-5-8)12(10-2)11-3/h8,12H,4-7H2,1-3H3. The van der Waals surface area contributed by atoms with Crippen LogP contribution in [0.2, 0.25) is 0 Å². The van der Waals surface area contributed by atoms with E-state index in [9.17, 15) is 0 Å². The summed E-state index contributed by atoms with van der Waals surface area (Å²) in [5.41, 5.74) is 0. The number of nitrogens with zero attached hydrogens (tertiary/aromatic N) is 1. The van der Waals surface area contributed by atoms with Gasteiger partial charge in [0, 0.05) is 14.2 Å². The van der Waals surface area contributed by atoms with Gasteiger partial charge in [-0.2, -0.15) is 0 Å². The Bertz CT molecular complexity index is 122. The SMILES string of the molecule is CO[SiH](OC)N1CCC(C)CC1. The molecule has 3 nitrogen and oxygen atoms in total. The van der Waals surface area contributed by atoms with Crippen LogP contribution < -0.4 is 0 Å². The minimum Gasteiger partial charge on any atom is -0.388 e. The lowest BCUT2D eigenvalue weighted by molar-refractivity contribution is 0.169. The lowest BCUT2D eigenvalue weighted by atomic mass is 10.0. The molecule has 0 saturated carbocycles. The van der Waals surface area contributed by atoms with Crippen molar-refractivity contribution >= 4 is 9.45 Å². The lowest BCUT2D eigenvalue weighted by Gasteiger charge is -2.33. The largest absolute Gasteiger partial charge is 0.410 e. The molecule has 4 heteroatoms. The highest BCUT2D eigenvalue weighted by Crippen LogP contribution is 2.16. The second-order valence-electron chi connectivity index (χ2n) is 3.50. The zero-order valence-corrected chi connectivity index (χ0v) is 9.40. The fourth-order valence-corrected chi connectivity index (χ4v) is 3.14. The van der Waals surface area contributed by atoms with Gasteiger partial charge in [0.1, 0.15) is 0 Å². The molecule has 0 aliphatic carbocycles. The van der Waals surface area contributed by atoms with Crippen molar-refractivity contribution in [2.24, 2.45) is 5.92 Å². The van der Waals surface area contributed by atoms with E-state index in [0.29, 0.717) is 0 Å². The summed E-state index contributed by atoms with van der Waals surface area (Å²) in [5, 5.41) is 0. The second kappa shape index (κ2) is 4.96. The topological polar surface area (TPSA) is 21.7 Å². The Hall–Kier alpha value is 0.0969. The molecule has 1 rings (SSSR count). The average Bonchev–Trinajstić information content (AvgIpc) is 2.10. The van der Waals surface area contributed by atoms with Crippen LogP contribution in [0.5, 0.6) is 0 Å². The first-order chi connectivity index (χ1) is 5.77. The van der Waals surface area contributed by atoms with Gasteiger partial charge < -0.3 is 8.85 Å². The van der Waals surface area contributed by atoms with Crippen LogP contribution in [0.1, 0.15) is 19.8 Å². The van der Waals surface area contributed by atoms with Crippen LogP contribution in [0.4, 0.5) is 0 Å². The quantitative estimate of drug-likeness (QED) is 0.611. The Morgan fingerprint density at radius 1 is 1.17 bits per heavy atom. The molecule has 0 N–H and O–H groups in total. The van der Waals surface area contributed by atoms with E-state index in [1.807, 2.05) is 0 Å². The van der Waals surface area contributed by atoms with Gasteiger partial charge in [0.15, 0.2) is 0 Å². The molecule has 0 atom stereocenters. The molecule has 1 fully saturated rings. The van der Waals surface area contributed by atoms with Crippen molar-refractivity contribution in [1.29, 1.82) is 0 Å². The van der Waals surface area contributed by atoms with Gasteiger partial charge in [-0.15, -0.1) is 0 Å². The molecule has 0 aromatic carbocycles. The zero-order valence-electron chi connectivity index (χ0n) is 8.25. The highest BCUT2D eigenvalue weighted by molar-refractivity contribution is 6.40. The van der Waals surface area contributed by atoms with Gasteiger partial charge in [-0.05, 0) is 31.8 Å². The first-order valence-corrected chi connectivity index (χ1v) is 6.03. The predicted octanol–water partition coefficient (Wildman–Crippen LogP) is 0.728. The van der Waals surface area contributed by atoms with Crippen molar-refractivity contribution in [3.63, 3.8) is 0 Å². The second-order valence-corrected chi connectivity index (χ2v) is 5.78. The van der Waals surface area contributed by atoms with Crippen LogP contribution in [-0.2, 0) is 8.85 Å². The molecule has 1 aliphatic rings. The summed E-state index contributed by atoms with van der Waals surface area (Å²) in [5.74, 6) is 0.879. The van der Waals surface area contributed by atoms with Crippen LogP contribution in [0, 0.1) is 5.92 Å². The van der Waals surface area contributed by atoms with E-state index in [2.05, 4.69) is 11.5 Å². The summed E-state index contributed by atoms with van der Waals surface area (Å²) < 4.78 is 13.0. The highest BCUT2D eigenvalue weighted by Gasteiger charge is 2.25. The zero-order chi connectivity index (χ0) is 8.97. The molecular formula is C8H19NO2Si. The first kappa shape index (κ1) is 10.2. The first-order valence-electron chi connectivity index (χ1n) is 4.57. The van der Waals surface area contributed by atoms with Crippen LogP contribution in [0.3, 0.4) is 0 Å². The third kappa shape index (κ3) is 2.55. The molecule has 0 bridgehead atoms. The number of piperidine rings is 1. The van der Waals surface area contributed by atoms with Crippen molar-refractivity contribution in [3.05, 3.63) is 0 Å². The van der Waals surface area contributed by atoms with E-state index >= 15 is 0 Å². The van der Waals surface area contributed by atoms with Gasteiger partial charge in [-0.1, -0.05) is 6.92 Å². The molecule has 1 saturated heterocycles. The maximum atomic E-state index is 5.32.